The van der Waals surface area contributed by atoms with Gasteiger partial charge >= 0.3 is 5.97 Å². The fourth-order valence-electron chi connectivity index (χ4n) is 3.15. The zero-order chi connectivity index (χ0) is 18.7. The maximum Gasteiger partial charge on any atom is 0.320 e. The van der Waals surface area contributed by atoms with Crippen molar-refractivity contribution >= 4 is 23.4 Å². The summed E-state index contributed by atoms with van der Waals surface area (Å²) in [6.45, 7) is 3.10. The molecule has 1 aliphatic heterocycles. The highest BCUT2D eigenvalue weighted by Gasteiger charge is 2.30. The zero-order valence-electron chi connectivity index (χ0n) is 14.4. The van der Waals surface area contributed by atoms with Crippen LogP contribution in [0.1, 0.15) is 24.0 Å². The lowest BCUT2D eigenvalue weighted by Gasteiger charge is -2.21. The molecule has 1 heterocycles. The third-order valence-corrected chi connectivity index (χ3v) is 5.58. The number of nitro groups is 1. The summed E-state index contributed by atoms with van der Waals surface area (Å²) in [5.41, 5.74) is 1.95. The van der Waals surface area contributed by atoms with Crippen LogP contribution in [0.5, 0.6) is 0 Å². The molecule has 7 heteroatoms. The Morgan fingerprint density at radius 3 is 2.69 bits per heavy atom. The highest BCUT2D eigenvalue weighted by Crippen LogP contribution is 2.36. The second-order valence-corrected chi connectivity index (χ2v) is 7.56. The lowest BCUT2D eigenvalue weighted by atomic mass is 10.1. The first-order valence-electron chi connectivity index (χ1n) is 8.43. The van der Waals surface area contributed by atoms with E-state index in [0.717, 1.165) is 22.4 Å². The molecule has 0 amide bonds. The summed E-state index contributed by atoms with van der Waals surface area (Å²) in [5.74, 6) is -0.830. The number of carboxylic acids is 1. The Morgan fingerprint density at radius 1 is 1.31 bits per heavy atom. The Hall–Kier alpha value is -2.38. The number of likely N-dealkylation sites (tertiary alicyclic amines) is 1. The second kappa shape index (κ2) is 7.88. The van der Waals surface area contributed by atoms with Gasteiger partial charge in [-0.05, 0) is 50.1 Å². The monoisotopic (exact) mass is 372 g/mol. The molecular formula is C19H20N2O4S. The molecule has 0 saturated carbocycles. The average molecular weight is 372 g/mol. The summed E-state index contributed by atoms with van der Waals surface area (Å²) >= 11 is 1.36. The summed E-state index contributed by atoms with van der Waals surface area (Å²) in [5, 5.41) is 20.8. The predicted molar refractivity (Wildman–Crippen MR) is 99.5 cm³/mol. The Balaban J connectivity index is 1.81. The summed E-state index contributed by atoms with van der Waals surface area (Å²) < 4.78 is 0. The van der Waals surface area contributed by atoms with Gasteiger partial charge in [-0.2, -0.15) is 0 Å². The topological polar surface area (TPSA) is 83.7 Å². The third kappa shape index (κ3) is 4.23. The van der Waals surface area contributed by atoms with E-state index in [1.54, 1.807) is 12.1 Å². The van der Waals surface area contributed by atoms with Crippen molar-refractivity contribution in [3.63, 3.8) is 0 Å². The summed E-state index contributed by atoms with van der Waals surface area (Å²) in [6.07, 6.45) is 1.46. The van der Waals surface area contributed by atoms with Gasteiger partial charge in [-0.1, -0.05) is 35.5 Å². The van der Waals surface area contributed by atoms with Crippen LogP contribution in [0.4, 0.5) is 5.69 Å². The normalized spacial score (nSPS) is 17.3. The van der Waals surface area contributed by atoms with E-state index in [4.69, 9.17) is 0 Å². The molecule has 3 rings (SSSR count). The number of nitro benzene ring substituents is 1. The van der Waals surface area contributed by atoms with E-state index in [9.17, 15) is 20.0 Å². The number of carboxylic acid groups (broad SMARTS) is 1. The molecular weight excluding hydrogens is 352 g/mol. The highest BCUT2D eigenvalue weighted by molar-refractivity contribution is 7.99. The zero-order valence-corrected chi connectivity index (χ0v) is 15.2. The molecule has 1 N–H and O–H groups in total. The maximum absolute atomic E-state index is 11.5. The third-order valence-electron chi connectivity index (χ3n) is 4.50. The van der Waals surface area contributed by atoms with Crippen LogP contribution in [0, 0.1) is 17.0 Å². The smallest absolute Gasteiger partial charge is 0.320 e. The Labute approximate surface area is 156 Å². The van der Waals surface area contributed by atoms with E-state index in [2.05, 4.69) is 0 Å². The number of carbonyl (C=O) groups is 1. The van der Waals surface area contributed by atoms with Gasteiger partial charge in [0, 0.05) is 17.5 Å². The molecule has 0 aromatic heterocycles. The Bertz CT molecular complexity index is 823. The van der Waals surface area contributed by atoms with Crippen molar-refractivity contribution in [2.75, 3.05) is 6.54 Å². The van der Waals surface area contributed by atoms with Crippen molar-refractivity contribution in [1.29, 1.82) is 0 Å². The summed E-state index contributed by atoms with van der Waals surface area (Å²) in [7, 11) is 0. The van der Waals surface area contributed by atoms with Gasteiger partial charge in [0.15, 0.2) is 0 Å². The molecule has 136 valence electrons. The number of hydrogen-bond acceptors (Lipinski definition) is 5. The van der Waals surface area contributed by atoms with Gasteiger partial charge in [0.05, 0.1) is 9.82 Å². The van der Waals surface area contributed by atoms with Gasteiger partial charge in [-0.25, -0.2) is 0 Å². The van der Waals surface area contributed by atoms with Gasteiger partial charge in [0.2, 0.25) is 0 Å². The molecule has 0 aliphatic carbocycles. The molecule has 1 aliphatic rings. The number of aliphatic carboxylic acids is 1. The molecule has 26 heavy (non-hydrogen) atoms. The van der Waals surface area contributed by atoms with Crippen molar-refractivity contribution in [3.05, 3.63) is 63.7 Å². The lowest BCUT2D eigenvalue weighted by Crippen LogP contribution is -2.35. The maximum atomic E-state index is 11.5. The van der Waals surface area contributed by atoms with Crippen LogP contribution in [-0.2, 0) is 11.3 Å². The standard InChI is InChI=1S/C19H20N2O4S/c1-13-4-7-15(8-5-13)26-18-9-6-14(11-17(18)21(24)25)12-20-10-2-3-16(20)19(22)23/h4-9,11,16H,2-3,10,12H2,1H3,(H,22,23). The van der Waals surface area contributed by atoms with Crippen LogP contribution in [0.3, 0.4) is 0 Å². The lowest BCUT2D eigenvalue weighted by molar-refractivity contribution is -0.387. The minimum absolute atomic E-state index is 0.0548. The largest absolute Gasteiger partial charge is 0.480 e. The van der Waals surface area contributed by atoms with E-state index >= 15 is 0 Å². The van der Waals surface area contributed by atoms with Crippen LogP contribution in [0.25, 0.3) is 0 Å². The average Bonchev–Trinajstić information content (AvgIpc) is 3.06. The number of hydrogen-bond donors (Lipinski definition) is 1. The minimum atomic E-state index is -0.830. The van der Waals surface area contributed by atoms with Crippen LogP contribution in [0.15, 0.2) is 52.3 Å². The summed E-state index contributed by atoms with van der Waals surface area (Å²) in [4.78, 5) is 25.8. The predicted octanol–water partition coefficient (Wildman–Crippen LogP) is 4.10. The number of benzene rings is 2. The van der Waals surface area contributed by atoms with E-state index < -0.39 is 12.0 Å². The van der Waals surface area contributed by atoms with Crippen molar-refractivity contribution in [3.8, 4) is 0 Å². The molecule has 0 bridgehead atoms. The molecule has 6 nitrogen and oxygen atoms in total. The molecule has 2 aromatic rings. The van der Waals surface area contributed by atoms with E-state index in [-0.39, 0.29) is 10.6 Å². The molecule has 0 spiro atoms. The van der Waals surface area contributed by atoms with E-state index in [1.165, 1.54) is 11.8 Å². The number of rotatable bonds is 6. The minimum Gasteiger partial charge on any atom is -0.480 e. The van der Waals surface area contributed by atoms with Gasteiger partial charge in [0.1, 0.15) is 6.04 Å². The first-order valence-corrected chi connectivity index (χ1v) is 9.24. The van der Waals surface area contributed by atoms with Crippen LogP contribution in [0.2, 0.25) is 0 Å². The van der Waals surface area contributed by atoms with E-state index in [0.29, 0.717) is 24.4 Å². The quantitative estimate of drug-likeness (QED) is 0.607. The fraction of sp³-hybridized carbons (Fsp3) is 0.316. The number of nitrogens with zero attached hydrogens (tertiary/aromatic N) is 2. The van der Waals surface area contributed by atoms with Gasteiger partial charge in [0.25, 0.3) is 5.69 Å². The van der Waals surface area contributed by atoms with Crippen LogP contribution in [-0.4, -0.2) is 33.5 Å². The van der Waals surface area contributed by atoms with Crippen molar-refractivity contribution in [1.82, 2.24) is 4.90 Å². The SMILES string of the molecule is Cc1ccc(Sc2ccc(CN3CCCC3C(=O)O)cc2[N+](=O)[O-])cc1. The molecule has 1 atom stereocenters. The van der Waals surface area contributed by atoms with Crippen molar-refractivity contribution < 1.29 is 14.8 Å². The van der Waals surface area contributed by atoms with Crippen molar-refractivity contribution in [2.45, 2.75) is 42.1 Å². The molecule has 1 fully saturated rings. The van der Waals surface area contributed by atoms with Gasteiger partial charge < -0.3 is 5.11 Å². The molecule has 2 aromatic carbocycles. The highest BCUT2D eigenvalue weighted by atomic mass is 32.2. The second-order valence-electron chi connectivity index (χ2n) is 6.44. The van der Waals surface area contributed by atoms with Crippen LogP contribution < -0.4 is 0 Å². The fourth-order valence-corrected chi connectivity index (χ4v) is 4.05. The first-order chi connectivity index (χ1) is 12.4. The molecule has 0 radical (unpaired) electrons. The molecule has 1 saturated heterocycles. The number of aryl methyl sites for hydroxylation is 1. The first kappa shape index (κ1) is 18.4. The van der Waals surface area contributed by atoms with Gasteiger partial charge in [-0.3, -0.25) is 19.8 Å². The van der Waals surface area contributed by atoms with E-state index in [1.807, 2.05) is 42.2 Å². The Kier molecular flexibility index (Phi) is 5.58. The molecule has 1 unspecified atom stereocenters. The summed E-state index contributed by atoms with van der Waals surface area (Å²) in [6, 6.07) is 12.5. The van der Waals surface area contributed by atoms with Gasteiger partial charge in [-0.15, -0.1) is 0 Å². The van der Waals surface area contributed by atoms with Crippen LogP contribution >= 0.6 is 11.8 Å². The Morgan fingerprint density at radius 2 is 2.04 bits per heavy atom. The van der Waals surface area contributed by atoms with Crippen molar-refractivity contribution in [2.24, 2.45) is 0 Å².